The molecule has 0 aromatic carbocycles. The monoisotopic (exact) mass is 276 g/mol. The Bertz CT molecular complexity index is 597. The summed E-state index contributed by atoms with van der Waals surface area (Å²) >= 11 is 0. The van der Waals surface area contributed by atoms with Crippen molar-refractivity contribution in [1.29, 1.82) is 0 Å². The normalized spacial score (nSPS) is 10.2. The van der Waals surface area contributed by atoms with Crippen molar-refractivity contribution in [2.75, 3.05) is 6.54 Å². The number of carbonyl (C=O) groups is 2. The topological polar surface area (TPSA) is 118 Å². The quantitative estimate of drug-likeness (QED) is 0.777. The van der Waals surface area contributed by atoms with Gasteiger partial charge in [0, 0.05) is 19.0 Å². The third-order valence-corrected chi connectivity index (χ3v) is 2.36. The van der Waals surface area contributed by atoms with Crippen molar-refractivity contribution >= 4 is 11.9 Å². The first-order valence-corrected chi connectivity index (χ1v) is 5.87. The van der Waals surface area contributed by atoms with E-state index >= 15 is 0 Å². The highest BCUT2D eigenvalue weighted by Crippen LogP contribution is 2.12. The summed E-state index contributed by atoms with van der Waals surface area (Å²) in [6.07, 6.45) is 1.94. The molecule has 0 spiro atoms. The number of rotatable bonds is 6. The Kier molecular flexibility index (Phi) is 4.38. The third kappa shape index (κ3) is 3.87. The minimum atomic E-state index is -1.09. The molecule has 0 aliphatic rings. The highest BCUT2D eigenvalue weighted by Gasteiger charge is 2.11. The Labute approximate surface area is 113 Å². The van der Waals surface area contributed by atoms with E-state index in [2.05, 4.69) is 20.4 Å². The number of carboxylic acid groups (broad SMARTS) is 1. The first-order valence-electron chi connectivity index (χ1n) is 5.87. The average Bonchev–Trinajstić information content (AvgIpc) is 2.93. The Morgan fingerprint density at radius 1 is 1.35 bits per heavy atom. The van der Waals surface area contributed by atoms with Crippen LogP contribution in [-0.2, 0) is 16.0 Å². The SMILES string of the molecule is O=C(O)CNC(=O)CCc1nc(-c2ccccn2)no1. The molecule has 0 aliphatic heterocycles. The highest BCUT2D eigenvalue weighted by molar-refractivity contribution is 5.81. The second-order valence-electron chi connectivity index (χ2n) is 3.90. The molecule has 2 rings (SSSR count). The van der Waals surface area contributed by atoms with Gasteiger partial charge in [-0.3, -0.25) is 14.6 Å². The fourth-order valence-electron chi connectivity index (χ4n) is 1.44. The van der Waals surface area contributed by atoms with Crippen LogP contribution < -0.4 is 5.32 Å². The van der Waals surface area contributed by atoms with Crippen LogP contribution in [-0.4, -0.2) is 38.7 Å². The van der Waals surface area contributed by atoms with Crippen LogP contribution in [0.4, 0.5) is 0 Å². The molecule has 2 aromatic heterocycles. The van der Waals surface area contributed by atoms with Gasteiger partial charge in [0.25, 0.3) is 0 Å². The van der Waals surface area contributed by atoms with Crippen molar-refractivity contribution in [3.05, 3.63) is 30.3 Å². The summed E-state index contributed by atoms with van der Waals surface area (Å²) in [6.45, 7) is -0.401. The van der Waals surface area contributed by atoms with E-state index in [1.165, 1.54) is 0 Å². The van der Waals surface area contributed by atoms with Crippen molar-refractivity contribution in [2.24, 2.45) is 0 Å². The molecule has 0 aliphatic carbocycles. The summed E-state index contributed by atoms with van der Waals surface area (Å²) in [6, 6.07) is 5.32. The Hall–Kier alpha value is -2.77. The van der Waals surface area contributed by atoms with Gasteiger partial charge >= 0.3 is 5.97 Å². The van der Waals surface area contributed by atoms with Crippen LogP contribution in [0, 0.1) is 0 Å². The summed E-state index contributed by atoms with van der Waals surface area (Å²) in [4.78, 5) is 29.8. The molecule has 0 radical (unpaired) electrons. The Morgan fingerprint density at radius 2 is 2.20 bits per heavy atom. The van der Waals surface area contributed by atoms with E-state index in [1.54, 1.807) is 24.4 Å². The molecular weight excluding hydrogens is 264 g/mol. The molecule has 8 heteroatoms. The number of aryl methyl sites for hydroxylation is 1. The summed E-state index contributed by atoms with van der Waals surface area (Å²) in [7, 11) is 0. The van der Waals surface area contributed by atoms with E-state index in [0.29, 0.717) is 17.4 Å². The van der Waals surface area contributed by atoms with Crippen LogP contribution in [0.25, 0.3) is 11.5 Å². The lowest BCUT2D eigenvalue weighted by Gasteiger charge is -1.99. The van der Waals surface area contributed by atoms with E-state index in [4.69, 9.17) is 9.63 Å². The number of amides is 1. The lowest BCUT2D eigenvalue weighted by molar-refractivity contribution is -0.137. The minimum absolute atomic E-state index is 0.0805. The van der Waals surface area contributed by atoms with Crippen molar-refractivity contribution in [3.63, 3.8) is 0 Å². The molecule has 8 nitrogen and oxygen atoms in total. The highest BCUT2D eigenvalue weighted by atomic mass is 16.5. The first kappa shape index (κ1) is 13.7. The maximum Gasteiger partial charge on any atom is 0.322 e. The zero-order valence-electron chi connectivity index (χ0n) is 10.4. The number of nitrogens with one attached hydrogen (secondary N) is 1. The van der Waals surface area contributed by atoms with E-state index < -0.39 is 12.5 Å². The largest absolute Gasteiger partial charge is 0.480 e. The second-order valence-corrected chi connectivity index (χ2v) is 3.90. The molecule has 104 valence electrons. The number of hydrogen-bond acceptors (Lipinski definition) is 6. The molecule has 0 saturated carbocycles. The van der Waals surface area contributed by atoms with Crippen molar-refractivity contribution in [1.82, 2.24) is 20.4 Å². The predicted octanol–water partition coefficient (Wildman–Crippen LogP) is 0.265. The zero-order chi connectivity index (χ0) is 14.4. The van der Waals surface area contributed by atoms with Gasteiger partial charge in [0.05, 0.1) is 0 Å². The number of carbonyl (C=O) groups excluding carboxylic acids is 1. The van der Waals surface area contributed by atoms with Gasteiger partial charge in [-0.05, 0) is 12.1 Å². The van der Waals surface area contributed by atoms with Gasteiger partial charge in [0.1, 0.15) is 12.2 Å². The lowest BCUT2D eigenvalue weighted by Crippen LogP contribution is -2.29. The van der Waals surface area contributed by atoms with Crippen LogP contribution in [0.3, 0.4) is 0 Å². The number of hydrogen-bond donors (Lipinski definition) is 2. The number of aliphatic carboxylic acids is 1. The maximum absolute atomic E-state index is 11.3. The standard InChI is InChI=1S/C12H12N4O4/c17-9(14-7-11(18)19)4-5-10-15-12(16-20-10)8-3-1-2-6-13-8/h1-3,6H,4-5,7H2,(H,14,17)(H,18,19). The molecule has 0 unspecified atom stereocenters. The molecule has 2 heterocycles. The van der Waals surface area contributed by atoms with Gasteiger partial charge < -0.3 is 14.9 Å². The van der Waals surface area contributed by atoms with Crippen LogP contribution in [0.2, 0.25) is 0 Å². The van der Waals surface area contributed by atoms with Gasteiger partial charge in [-0.15, -0.1) is 0 Å². The predicted molar refractivity (Wildman–Crippen MR) is 66.5 cm³/mol. The summed E-state index contributed by atoms with van der Waals surface area (Å²) in [5.41, 5.74) is 0.581. The van der Waals surface area contributed by atoms with Crippen molar-refractivity contribution < 1.29 is 19.2 Å². The smallest absolute Gasteiger partial charge is 0.322 e. The van der Waals surface area contributed by atoms with Gasteiger partial charge in [0.2, 0.25) is 17.6 Å². The first-order chi connectivity index (χ1) is 9.65. The number of nitrogens with zero attached hydrogens (tertiary/aromatic N) is 3. The second kappa shape index (κ2) is 6.41. The van der Waals surface area contributed by atoms with Gasteiger partial charge in [0.15, 0.2) is 0 Å². The average molecular weight is 276 g/mol. The van der Waals surface area contributed by atoms with E-state index in [0.717, 1.165) is 0 Å². The van der Waals surface area contributed by atoms with Gasteiger partial charge in [-0.25, -0.2) is 0 Å². The van der Waals surface area contributed by atoms with E-state index in [-0.39, 0.29) is 18.7 Å². The molecule has 0 saturated heterocycles. The summed E-state index contributed by atoms with van der Waals surface area (Å²) in [5.74, 6) is -0.818. The van der Waals surface area contributed by atoms with Crippen LogP contribution in [0.1, 0.15) is 12.3 Å². The molecule has 2 N–H and O–H groups in total. The molecule has 20 heavy (non-hydrogen) atoms. The number of pyridine rings is 1. The fourth-order valence-corrected chi connectivity index (χ4v) is 1.44. The summed E-state index contributed by atoms with van der Waals surface area (Å²) in [5, 5.41) is 14.4. The van der Waals surface area contributed by atoms with Gasteiger partial charge in [-0.2, -0.15) is 4.98 Å². The Morgan fingerprint density at radius 3 is 2.90 bits per heavy atom. The fraction of sp³-hybridized carbons (Fsp3) is 0.250. The minimum Gasteiger partial charge on any atom is -0.480 e. The molecule has 0 atom stereocenters. The molecule has 1 amide bonds. The Balaban J connectivity index is 1.87. The van der Waals surface area contributed by atoms with Crippen molar-refractivity contribution in [2.45, 2.75) is 12.8 Å². The maximum atomic E-state index is 11.3. The number of aromatic nitrogens is 3. The van der Waals surface area contributed by atoms with Crippen LogP contribution >= 0.6 is 0 Å². The number of carboxylic acids is 1. The zero-order valence-corrected chi connectivity index (χ0v) is 10.4. The lowest BCUT2D eigenvalue weighted by atomic mass is 10.3. The van der Waals surface area contributed by atoms with E-state index in [1.807, 2.05) is 0 Å². The summed E-state index contributed by atoms with van der Waals surface area (Å²) < 4.78 is 5.00. The third-order valence-electron chi connectivity index (χ3n) is 2.36. The van der Waals surface area contributed by atoms with E-state index in [9.17, 15) is 9.59 Å². The molecule has 0 fully saturated rings. The van der Waals surface area contributed by atoms with Crippen LogP contribution in [0.15, 0.2) is 28.9 Å². The van der Waals surface area contributed by atoms with Gasteiger partial charge in [-0.1, -0.05) is 11.2 Å². The van der Waals surface area contributed by atoms with Crippen LogP contribution in [0.5, 0.6) is 0 Å². The molecule has 0 bridgehead atoms. The van der Waals surface area contributed by atoms with Crippen molar-refractivity contribution in [3.8, 4) is 11.5 Å². The molecular formula is C12H12N4O4. The molecule has 2 aromatic rings.